The lowest BCUT2D eigenvalue weighted by atomic mass is 9.79. The molecule has 1 saturated carbocycles. The zero-order valence-corrected chi connectivity index (χ0v) is 19.3. The summed E-state index contributed by atoms with van der Waals surface area (Å²) < 4.78 is 77.1. The SMILES string of the molecule is O=C(C1CC(NCc2cc(C(F)(F)F)c(=O)[nH]n2)C1)N1C2CC[C@@H]1CN(c1ncc(C(F)(F)F)cn1)C2. The fourth-order valence-corrected chi connectivity index (χ4v) is 5.25. The Kier molecular flexibility index (Phi) is 6.36. The highest BCUT2D eigenvalue weighted by Gasteiger charge is 2.47. The highest BCUT2D eigenvalue weighted by molar-refractivity contribution is 5.81. The Balaban J connectivity index is 1.13. The van der Waals surface area contributed by atoms with Gasteiger partial charge in [-0.2, -0.15) is 31.4 Å². The molecule has 2 bridgehead atoms. The number of carbonyl (C=O) groups excluding carboxylic acids is 1. The minimum atomic E-state index is -4.78. The summed E-state index contributed by atoms with van der Waals surface area (Å²) in [6, 6.07) is 0.465. The predicted molar refractivity (Wildman–Crippen MR) is 116 cm³/mol. The molecule has 1 amide bonds. The topological polar surface area (TPSA) is 107 Å². The number of H-pyrrole nitrogens is 1. The maximum atomic E-state index is 13.2. The fourth-order valence-electron chi connectivity index (χ4n) is 5.25. The van der Waals surface area contributed by atoms with Gasteiger partial charge in [0.1, 0.15) is 5.56 Å². The summed E-state index contributed by atoms with van der Waals surface area (Å²) in [4.78, 5) is 36.0. The van der Waals surface area contributed by atoms with E-state index in [4.69, 9.17) is 0 Å². The van der Waals surface area contributed by atoms with Gasteiger partial charge in [-0.15, -0.1) is 0 Å². The summed E-state index contributed by atoms with van der Waals surface area (Å²) in [6.07, 6.45) is -5.16. The summed E-state index contributed by atoms with van der Waals surface area (Å²) in [5, 5.41) is 8.57. The van der Waals surface area contributed by atoms with Crippen LogP contribution in [0.3, 0.4) is 0 Å². The lowest BCUT2D eigenvalue weighted by Crippen LogP contribution is -2.59. The summed E-state index contributed by atoms with van der Waals surface area (Å²) in [7, 11) is 0. The van der Waals surface area contributed by atoms with Crippen molar-refractivity contribution in [1.29, 1.82) is 0 Å². The van der Waals surface area contributed by atoms with Gasteiger partial charge in [-0.05, 0) is 31.7 Å². The Morgan fingerprint density at radius 1 is 1.03 bits per heavy atom. The van der Waals surface area contributed by atoms with Gasteiger partial charge in [0.2, 0.25) is 11.9 Å². The molecule has 9 nitrogen and oxygen atoms in total. The molecule has 2 aromatic rings. The monoisotopic (exact) mass is 531 g/mol. The molecule has 1 unspecified atom stereocenters. The van der Waals surface area contributed by atoms with Crippen LogP contribution in [0.2, 0.25) is 0 Å². The van der Waals surface area contributed by atoms with Crippen molar-refractivity contribution < 1.29 is 31.1 Å². The van der Waals surface area contributed by atoms with Crippen LogP contribution in [0, 0.1) is 5.92 Å². The number of nitrogens with one attached hydrogen (secondary N) is 2. The predicted octanol–water partition coefficient (Wildman–Crippen LogP) is 2.35. The van der Waals surface area contributed by atoms with Crippen molar-refractivity contribution in [2.24, 2.45) is 5.92 Å². The Labute approximate surface area is 206 Å². The number of nitrogens with zero attached hydrogens (tertiary/aromatic N) is 5. The number of aromatic nitrogens is 4. The quantitative estimate of drug-likeness (QED) is 0.571. The van der Waals surface area contributed by atoms with Crippen LogP contribution in [-0.4, -0.2) is 62.2 Å². The number of anilines is 1. The van der Waals surface area contributed by atoms with Crippen LogP contribution < -0.4 is 15.8 Å². The summed E-state index contributed by atoms with van der Waals surface area (Å²) in [5.74, 6) is -0.00161. The molecule has 200 valence electrons. The number of hydrogen-bond acceptors (Lipinski definition) is 7. The number of halogens is 6. The van der Waals surface area contributed by atoms with E-state index in [2.05, 4.69) is 20.4 Å². The molecule has 1 aliphatic carbocycles. The number of alkyl halides is 6. The second-order valence-corrected chi connectivity index (χ2v) is 9.65. The maximum Gasteiger partial charge on any atom is 0.421 e. The summed E-state index contributed by atoms with van der Waals surface area (Å²) in [5.41, 5.74) is -3.48. The normalized spacial score (nSPS) is 25.8. The smallest absolute Gasteiger partial charge is 0.337 e. The molecule has 5 rings (SSSR count). The van der Waals surface area contributed by atoms with E-state index in [9.17, 15) is 35.9 Å². The number of hydrogen-bond donors (Lipinski definition) is 2. The molecule has 2 saturated heterocycles. The first kappa shape index (κ1) is 25.4. The van der Waals surface area contributed by atoms with Crippen LogP contribution in [-0.2, 0) is 23.7 Å². The summed E-state index contributed by atoms with van der Waals surface area (Å²) >= 11 is 0. The number of fused-ring (bicyclic) bond motifs is 2. The number of amides is 1. The van der Waals surface area contributed by atoms with Crippen LogP contribution >= 0.6 is 0 Å². The molecule has 2 N–H and O–H groups in total. The molecule has 2 atom stereocenters. The number of piperazine rings is 1. The first-order chi connectivity index (χ1) is 17.4. The standard InChI is InChI=1S/C22H23F6N7O2/c23-21(24,25)12-6-30-20(31-7-12)34-9-15-1-2-16(10-34)35(15)19(37)11-3-13(4-11)29-8-14-5-17(22(26,27)28)18(36)33-32-14/h5-7,11,13,15-16,29H,1-4,8-10H2,(H,33,36)/t11?,13?,15-,16?/m1/s1. The van der Waals surface area contributed by atoms with E-state index in [-0.39, 0.29) is 48.1 Å². The molecule has 4 heterocycles. The molecular weight excluding hydrogens is 508 g/mol. The Hall–Kier alpha value is -3.23. The van der Waals surface area contributed by atoms with Crippen LogP contribution in [0.25, 0.3) is 0 Å². The van der Waals surface area contributed by atoms with Crippen LogP contribution in [0.5, 0.6) is 0 Å². The van der Waals surface area contributed by atoms with Crippen molar-refractivity contribution in [3.05, 3.63) is 45.6 Å². The van der Waals surface area contributed by atoms with Gasteiger partial charge in [0.15, 0.2) is 0 Å². The van der Waals surface area contributed by atoms with Crippen molar-refractivity contribution in [2.75, 3.05) is 18.0 Å². The van der Waals surface area contributed by atoms with Crippen molar-refractivity contribution in [3.8, 4) is 0 Å². The van der Waals surface area contributed by atoms with E-state index in [0.29, 0.717) is 32.0 Å². The van der Waals surface area contributed by atoms with Gasteiger partial charge in [0, 0.05) is 56.1 Å². The van der Waals surface area contributed by atoms with Crippen LogP contribution in [0.4, 0.5) is 32.3 Å². The third-order valence-corrected chi connectivity index (χ3v) is 7.21. The van der Waals surface area contributed by atoms with Gasteiger partial charge in [0.05, 0.1) is 11.3 Å². The minimum Gasteiger partial charge on any atom is -0.337 e. The van der Waals surface area contributed by atoms with Gasteiger partial charge in [-0.1, -0.05) is 0 Å². The first-order valence-corrected chi connectivity index (χ1v) is 11.8. The molecule has 37 heavy (non-hydrogen) atoms. The lowest BCUT2D eigenvalue weighted by molar-refractivity contribution is -0.143. The molecule has 15 heteroatoms. The van der Waals surface area contributed by atoms with Gasteiger partial charge in [-0.3, -0.25) is 9.59 Å². The highest BCUT2D eigenvalue weighted by atomic mass is 19.4. The van der Waals surface area contributed by atoms with Gasteiger partial charge in [-0.25, -0.2) is 15.1 Å². The molecule has 0 aromatic carbocycles. The van der Waals surface area contributed by atoms with Gasteiger partial charge >= 0.3 is 12.4 Å². The van der Waals surface area contributed by atoms with E-state index in [0.717, 1.165) is 25.2 Å². The van der Waals surface area contributed by atoms with E-state index in [1.165, 1.54) is 0 Å². The Bertz CT molecular complexity index is 1200. The number of rotatable bonds is 5. The van der Waals surface area contributed by atoms with Crippen molar-refractivity contribution in [3.63, 3.8) is 0 Å². The molecule has 2 aromatic heterocycles. The van der Waals surface area contributed by atoms with E-state index >= 15 is 0 Å². The zero-order chi connectivity index (χ0) is 26.5. The van der Waals surface area contributed by atoms with E-state index < -0.39 is 29.0 Å². The summed E-state index contributed by atoms with van der Waals surface area (Å²) in [6.45, 7) is 0.880. The van der Waals surface area contributed by atoms with Crippen molar-refractivity contribution in [1.82, 2.24) is 30.4 Å². The van der Waals surface area contributed by atoms with Gasteiger partial charge in [0.25, 0.3) is 5.56 Å². The van der Waals surface area contributed by atoms with Crippen molar-refractivity contribution in [2.45, 2.75) is 62.7 Å². The molecule has 3 fully saturated rings. The fraction of sp³-hybridized carbons (Fsp3) is 0.591. The average molecular weight is 531 g/mol. The first-order valence-electron chi connectivity index (χ1n) is 11.8. The average Bonchev–Trinajstić information content (AvgIpc) is 3.06. The van der Waals surface area contributed by atoms with Crippen LogP contribution in [0.1, 0.15) is 42.5 Å². The molecule has 0 radical (unpaired) electrons. The van der Waals surface area contributed by atoms with E-state index in [1.54, 1.807) is 0 Å². The Morgan fingerprint density at radius 2 is 1.65 bits per heavy atom. The largest absolute Gasteiger partial charge is 0.421 e. The van der Waals surface area contributed by atoms with Crippen LogP contribution in [0.15, 0.2) is 23.3 Å². The lowest BCUT2D eigenvalue weighted by Gasteiger charge is -2.45. The molecule has 3 aliphatic rings. The third-order valence-electron chi connectivity index (χ3n) is 7.21. The third kappa shape index (κ3) is 5.13. The number of carbonyl (C=O) groups is 1. The Morgan fingerprint density at radius 3 is 2.22 bits per heavy atom. The van der Waals surface area contributed by atoms with E-state index in [1.807, 2.05) is 14.9 Å². The maximum absolute atomic E-state index is 13.2. The molecule has 2 aliphatic heterocycles. The van der Waals surface area contributed by atoms with Crippen molar-refractivity contribution >= 4 is 11.9 Å². The van der Waals surface area contributed by atoms with Gasteiger partial charge < -0.3 is 15.1 Å². The zero-order valence-electron chi connectivity index (χ0n) is 19.3. The molecular formula is C22H23F6N7O2. The second-order valence-electron chi connectivity index (χ2n) is 9.65. The second kappa shape index (κ2) is 9.26. The molecule has 0 spiro atoms. The minimum absolute atomic E-state index is 0.0139. The number of aromatic amines is 1. The highest BCUT2D eigenvalue weighted by Crippen LogP contribution is 2.37.